The molecule has 14 heavy (non-hydrogen) atoms. The summed E-state index contributed by atoms with van der Waals surface area (Å²) in [5.41, 5.74) is 6.48. The van der Waals surface area contributed by atoms with Crippen LogP contribution in [0.4, 0.5) is 4.39 Å². The number of nitriles is 1. The van der Waals surface area contributed by atoms with Crippen molar-refractivity contribution in [2.45, 2.75) is 19.3 Å². The lowest BCUT2D eigenvalue weighted by atomic mass is 10.1. The van der Waals surface area contributed by atoms with Crippen LogP contribution in [0.25, 0.3) is 0 Å². The molecule has 74 valence electrons. The minimum absolute atomic E-state index is 0.121. The largest absolute Gasteiger partial charge is 0.330 e. The lowest BCUT2D eigenvalue weighted by Crippen LogP contribution is -1.99. The van der Waals surface area contributed by atoms with E-state index in [9.17, 15) is 4.39 Å². The molecule has 0 aliphatic rings. The zero-order chi connectivity index (χ0) is 10.4. The fraction of sp³-hybridized carbons (Fsp3) is 0.364. The number of hydrogen-bond acceptors (Lipinski definition) is 2. The number of nitrogens with two attached hydrogens (primary N) is 1. The molecule has 0 aliphatic heterocycles. The predicted octanol–water partition coefficient (Wildman–Crippen LogP) is 1.98. The highest BCUT2D eigenvalue weighted by atomic mass is 19.1. The second kappa shape index (κ2) is 5.36. The van der Waals surface area contributed by atoms with Crippen molar-refractivity contribution in [1.29, 1.82) is 5.26 Å². The van der Waals surface area contributed by atoms with Gasteiger partial charge in [-0.3, -0.25) is 0 Å². The van der Waals surface area contributed by atoms with Crippen molar-refractivity contribution in [2.75, 3.05) is 6.54 Å². The average molecular weight is 192 g/mol. The van der Waals surface area contributed by atoms with Gasteiger partial charge in [0.15, 0.2) is 0 Å². The molecule has 0 bridgehead atoms. The second-order valence-electron chi connectivity index (χ2n) is 3.17. The monoisotopic (exact) mass is 192 g/mol. The normalized spacial score (nSPS) is 9.79. The van der Waals surface area contributed by atoms with E-state index in [-0.39, 0.29) is 5.56 Å². The molecule has 0 spiro atoms. The highest BCUT2D eigenvalue weighted by Crippen LogP contribution is 2.11. The second-order valence-corrected chi connectivity index (χ2v) is 3.17. The highest BCUT2D eigenvalue weighted by molar-refractivity contribution is 5.34. The van der Waals surface area contributed by atoms with Gasteiger partial charge in [0, 0.05) is 0 Å². The van der Waals surface area contributed by atoms with Gasteiger partial charge in [-0.25, -0.2) is 4.39 Å². The Morgan fingerprint density at radius 1 is 1.36 bits per heavy atom. The Hall–Kier alpha value is -1.40. The van der Waals surface area contributed by atoms with Crippen molar-refractivity contribution in [3.8, 4) is 6.07 Å². The van der Waals surface area contributed by atoms with Gasteiger partial charge in [-0.05, 0) is 43.5 Å². The van der Waals surface area contributed by atoms with Crippen LogP contribution in [0.15, 0.2) is 18.2 Å². The van der Waals surface area contributed by atoms with Crippen molar-refractivity contribution in [3.05, 3.63) is 35.1 Å². The highest BCUT2D eigenvalue weighted by Gasteiger charge is 2.01. The molecule has 0 radical (unpaired) electrons. The molecule has 0 unspecified atom stereocenters. The molecule has 0 saturated carbocycles. The van der Waals surface area contributed by atoms with E-state index in [0.717, 1.165) is 24.8 Å². The summed E-state index contributed by atoms with van der Waals surface area (Å²) in [5, 5.41) is 8.60. The molecule has 0 saturated heterocycles. The van der Waals surface area contributed by atoms with E-state index in [2.05, 4.69) is 0 Å². The van der Waals surface area contributed by atoms with Gasteiger partial charge in [0.2, 0.25) is 0 Å². The average Bonchev–Trinajstić information content (AvgIpc) is 2.21. The predicted molar refractivity (Wildman–Crippen MR) is 53.1 cm³/mol. The Morgan fingerprint density at radius 3 is 2.79 bits per heavy atom. The molecule has 1 aromatic carbocycles. The number of benzene rings is 1. The molecule has 2 nitrogen and oxygen atoms in total. The van der Waals surface area contributed by atoms with E-state index in [0.29, 0.717) is 6.54 Å². The third-order valence-corrected chi connectivity index (χ3v) is 2.07. The summed E-state index contributed by atoms with van der Waals surface area (Å²) in [6.07, 6.45) is 2.79. The summed E-state index contributed by atoms with van der Waals surface area (Å²) >= 11 is 0. The van der Waals surface area contributed by atoms with Gasteiger partial charge in [0.25, 0.3) is 0 Å². The molecule has 3 heteroatoms. The maximum atomic E-state index is 12.9. The third kappa shape index (κ3) is 2.82. The Kier molecular flexibility index (Phi) is 4.09. The standard InChI is InChI=1S/C11H13FN2/c12-11-5-4-9(3-1-2-6-13)7-10(11)8-14/h4-5,7H,1-3,6,13H2. The molecule has 0 amide bonds. The van der Waals surface area contributed by atoms with Crippen LogP contribution in [0.5, 0.6) is 0 Å². The van der Waals surface area contributed by atoms with Crippen LogP contribution >= 0.6 is 0 Å². The Balaban J connectivity index is 2.66. The topological polar surface area (TPSA) is 49.8 Å². The van der Waals surface area contributed by atoms with Gasteiger partial charge >= 0.3 is 0 Å². The van der Waals surface area contributed by atoms with E-state index >= 15 is 0 Å². The van der Waals surface area contributed by atoms with E-state index in [1.807, 2.05) is 6.07 Å². The summed E-state index contributed by atoms with van der Waals surface area (Å²) in [6, 6.07) is 6.49. The molecule has 2 N–H and O–H groups in total. The SMILES string of the molecule is N#Cc1cc(CCCCN)ccc1F. The first-order valence-electron chi connectivity index (χ1n) is 4.66. The van der Waals surface area contributed by atoms with Gasteiger partial charge in [0.1, 0.15) is 11.9 Å². The summed E-state index contributed by atoms with van der Waals surface area (Å²) in [7, 11) is 0. The third-order valence-electron chi connectivity index (χ3n) is 2.07. The number of aryl methyl sites for hydroxylation is 1. The van der Waals surface area contributed by atoms with E-state index in [1.54, 1.807) is 12.1 Å². The maximum Gasteiger partial charge on any atom is 0.140 e. The molecule has 1 aromatic rings. The number of hydrogen-bond donors (Lipinski definition) is 1. The Bertz CT molecular complexity index is 342. The van der Waals surface area contributed by atoms with E-state index in [1.165, 1.54) is 6.07 Å². The van der Waals surface area contributed by atoms with Crippen molar-refractivity contribution < 1.29 is 4.39 Å². The first-order chi connectivity index (χ1) is 6.77. The Morgan fingerprint density at radius 2 is 2.14 bits per heavy atom. The lowest BCUT2D eigenvalue weighted by molar-refractivity contribution is 0.622. The first kappa shape index (κ1) is 10.7. The minimum Gasteiger partial charge on any atom is -0.330 e. The quantitative estimate of drug-likeness (QED) is 0.741. The summed E-state index contributed by atoms with van der Waals surface area (Å²) in [4.78, 5) is 0. The van der Waals surface area contributed by atoms with Crippen LogP contribution < -0.4 is 5.73 Å². The number of rotatable bonds is 4. The minimum atomic E-state index is -0.449. The van der Waals surface area contributed by atoms with Gasteiger partial charge in [-0.15, -0.1) is 0 Å². The number of halogens is 1. The van der Waals surface area contributed by atoms with E-state index in [4.69, 9.17) is 11.0 Å². The maximum absolute atomic E-state index is 12.9. The molecule has 0 aliphatic carbocycles. The van der Waals surface area contributed by atoms with Crippen LogP contribution in [0.2, 0.25) is 0 Å². The number of nitrogens with zero attached hydrogens (tertiary/aromatic N) is 1. The molecular weight excluding hydrogens is 179 g/mol. The zero-order valence-corrected chi connectivity index (χ0v) is 7.96. The van der Waals surface area contributed by atoms with Gasteiger partial charge < -0.3 is 5.73 Å². The van der Waals surface area contributed by atoms with Crippen LogP contribution in [0, 0.1) is 17.1 Å². The molecule has 0 aromatic heterocycles. The smallest absolute Gasteiger partial charge is 0.140 e. The number of unbranched alkanes of at least 4 members (excludes halogenated alkanes) is 1. The van der Waals surface area contributed by atoms with Crippen molar-refractivity contribution >= 4 is 0 Å². The summed E-state index contributed by atoms with van der Waals surface area (Å²) in [5.74, 6) is -0.449. The molecule has 0 atom stereocenters. The van der Waals surface area contributed by atoms with Crippen LogP contribution in [-0.2, 0) is 6.42 Å². The van der Waals surface area contributed by atoms with Crippen LogP contribution in [0.1, 0.15) is 24.0 Å². The summed E-state index contributed by atoms with van der Waals surface area (Å²) in [6.45, 7) is 0.673. The Labute approximate surface area is 83.2 Å². The summed E-state index contributed by atoms with van der Waals surface area (Å²) < 4.78 is 12.9. The first-order valence-corrected chi connectivity index (χ1v) is 4.66. The molecule has 0 heterocycles. The van der Waals surface area contributed by atoms with Gasteiger partial charge in [-0.1, -0.05) is 6.07 Å². The molecule has 0 fully saturated rings. The van der Waals surface area contributed by atoms with Gasteiger partial charge in [0.05, 0.1) is 5.56 Å². The molecule has 1 rings (SSSR count). The molecular formula is C11H13FN2. The lowest BCUT2D eigenvalue weighted by Gasteiger charge is -2.01. The van der Waals surface area contributed by atoms with Crippen LogP contribution in [-0.4, -0.2) is 6.54 Å². The van der Waals surface area contributed by atoms with Crippen molar-refractivity contribution in [2.24, 2.45) is 5.73 Å². The van der Waals surface area contributed by atoms with Crippen LogP contribution in [0.3, 0.4) is 0 Å². The zero-order valence-electron chi connectivity index (χ0n) is 7.96. The van der Waals surface area contributed by atoms with Gasteiger partial charge in [-0.2, -0.15) is 5.26 Å². The van der Waals surface area contributed by atoms with Crippen molar-refractivity contribution in [1.82, 2.24) is 0 Å². The van der Waals surface area contributed by atoms with Crippen molar-refractivity contribution in [3.63, 3.8) is 0 Å². The fourth-order valence-corrected chi connectivity index (χ4v) is 1.29. The fourth-order valence-electron chi connectivity index (χ4n) is 1.29. The van der Waals surface area contributed by atoms with E-state index < -0.39 is 5.82 Å².